The van der Waals surface area contributed by atoms with Crippen molar-refractivity contribution in [2.24, 2.45) is 0 Å². The standard InChI is InChI=1S/C9H10N4O2S/c1-2-7(9(14)15)13-11-8(10-12-13)6-3-4-16-5-6/h3-5,7H,2H2,1H3,(H,14,15)/t7-/m0/s1. The first-order chi connectivity index (χ1) is 7.72. The molecule has 1 N–H and O–H groups in total. The Bertz CT molecular complexity index is 479. The third-order valence-electron chi connectivity index (χ3n) is 2.16. The van der Waals surface area contributed by atoms with Crippen LogP contribution in [0.1, 0.15) is 19.4 Å². The second kappa shape index (κ2) is 4.40. The van der Waals surface area contributed by atoms with E-state index in [-0.39, 0.29) is 0 Å². The van der Waals surface area contributed by atoms with Crippen LogP contribution in [0, 0.1) is 0 Å². The molecule has 0 saturated heterocycles. The Morgan fingerprint density at radius 2 is 2.50 bits per heavy atom. The van der Waals surface area contributed by atoms with Crippen LogP contribution in [0.15, 0.2) is 16.8 Å². The van der Waals surface area contributed by atoms with Gasteiger partial charge in [0.1, 0.15) is 0 Å². The second-order valence-corrected chi connectivity index (χ2v) is 3.99. The minimum absolute atomic E-state index is 0.425. The number of hydrogen-bond acceptors (Lipinski definition) is 5. The molecule has 7 heteroatoms. The lowest BCUT2D eigenvalue weighted by Gasteiger charge is -2.05. The van der Waals surface area contributed by atoms with Crippen molar-refractivity contribution < 1.29 is 9.90 Å². The molecule has 16 heavy (non-hydrogen) atoms. The number of tetrazole rings is 1. The number of aliphatic carboxylic acids is 1. The zero-order chi connectivity index (χ0) is 11.5. The molecule has 0 radical (unpaired) electrons. The Kier molecular flexibility index (Phi) is 2.95. The van der Waals surface area contributed by atoms with E-state index >= 15 is 0 Å². The average Bonchev–Trinajstić information content (AvgIpc) is 2.86. The Labute approximate surface area is 95.5 Å². The highest BCUT2D eigenvalue weighted by Crippen LogP contribution is 2.18. The molecule has 6 nitrogen and oxygen atoms in total. The molecular formula is C9H10N4O2S. The molecule has 0 saturated carbocycles. The van der Waals surface area contributed by atoms with Gasteiger partial charge >= 0.3 is 5.97 Å². The molecule has 0 aliphatic rings. The van der Waals surface area contributed by atoms with Crippen molar-refractivity contribution >= 4 is 17.3 Å². The van der Waals surface area contributed by atoms with Crippen LogP contribution >= 0.6 is 11.3 Å². The summed E-state index contributed by atoms with van der Waals surface area (Å²) in [6.45, 7) is 1.77. The van der Waals surface area contributed by atoms with Crippen LogP contribution in [0.5, 0.6) is 0 Å². The Morgan fingerprint density at radius 1 is 1.69 bits per heavy atom. The molecule has 2 aromatic heterocycles. The number of aromatic nitrogens is 4. The third-order valence-corrected chi connectivity index (χ3v) is 2.84. The number of carboxylic acids is 1. The molecule has 0 bridgehead atoms. The highest BCUT2D eigenvalue weighted by atomic mass is 32.1. The van der Waals surface area contributed by atoms with Crippen molar-refractivity contribution in [3.8, 4) is 11.4 Å². The van der Waals surface area contributed by atoms with Gasteiger partial charge in [-0.05, 0) is 23.1 Å². The molecule has 0 aliphatic heterocycles. The van der Waals surface area contributed by atoms with Crippen LogP contribution in [0.25, 0.3) is 11.4 Å². The van der Waals surface area contributed by atoms with E-state index in [1.54, 1.807) is 6.92 Å². The molecule has 0 aliphatic carbocycles. The first-order valence-corrected chi connectivity index (χ1v) is 5.71. The predicted molar refractivity (Wildman–Crippen MR) is 58.1 cm³/mol. The maximum absolute atomic E-state index is 10.9. The summed E-state index contributed by atoms with van der Waals surface area (Å²) >= 11 is 1.53. The van der Waals surface area contributed by atoms with Crippen molar-refractivity contribution in [2.75, 3.05) is 0 Å². The van der Waals surface area contributed by atoms with Gasteiger partial charge in [-0.1, -0.05) is 6.92 Å². The largest absolute Gasteiger partial charge is 0.480 e. The van der Waals surface area contributed by atoms with E-state index in [2.05, 4.69) is 15.4 Å². The van der Waals surface area contributed by atoms with E-state index in [0.717, 1.165) is 10.4 Å². The summed E-state index contributed by atoms with van der Waals surface area (Å²) in [6.07, 6.45) is 0.425. The number of carboxylic acid groups (broad SMARTS) is 1. The minimum Gasteiger partial charge on any atom is -0.480 e. The number of nitrogens with zero attached hydrogens (tertiary/aromatic N) is 4. The van der Waals surface area contributed by atoms with Gasteiger partial charge in [0.2, 0.25) is 5.82 Å². The van der Waals surface area contributed by atoms with E-state index in [9.17, 15) is 4.79 Å². The number of thiophene rings is 1. The average molecular weight is 238 g/mol. The van der Waals surface area contributed by atoms with Gasteiger partial charge in [0, 0.05) is 10.9 Å². The lowest BCUT2D eigenvalue weighted by atomic mass is 10.2. The quantitative estimate of drug-likeness (QED) is 0.871. The van der Waals surface area contributed by atoms with Gasteiger partial charge < -0.3 is 5.11 Å². The zero-order valence-electron chi connectivity index (χ0n) is 8.57. The summed E-state index contributed by atoms with van der Waals surface area (Å²) in [6, 6.07) is 1.12. The maximum Gasteiger partial charge on any atom is 0.330 e. The van der Waals surface area contributed by atoms with Gasteiger partial charge in [0.15, 0.2) is 6.04 Å². The first kappa shape index (κ1) is 10.7. The molecule has 0 fully saturated rings. The van der Waals surface area contributed by atoms with Crippen molar-refractivity contribution in [1.29, 1.82) is 0 Å². The van der Waals surface area contributed by atoms with Crippen LogP contribution in [-0.4, -0.2) is 31.3 Å². The summed E-state index contributed by atoms with van der Waals surface area (Å²) in [7, 11) is 0. The predicted octanol–water partition coefficient (Wildman–Crippen LogP) is 1.44. The normalized spacial score (nSPS) is 12.6. The van der Waals surface area contributed by atoms with Crippen LogP contribution in [-0.2, 0) is 4.79 Å². The Hall–Kier alpha value is -1.76. The summed E-state index contributed by atoms with van der Waals surface area (Å²) in [5.74, 6) is -0.488. The van der Waals surface area contributed by atoms with Crippen LogP contribution in [0.3, 0.4) is 0 Å². The molecule has 2 aromatic rings. The summed E-state index contributed by atoms with van der Waals surface area (Å²) < 4.78 is 0. The van der Waals surface area contributed by atoms with Gasteiger partial charge in [-0.3, -0.25) is 0 Å². The maximum atomic E-state index is 10.9. The van der Waals surface area contributed by atoms with E-state index in [4.69, 9.17) is 5.11 Å². The smallest absolute Gasteiger partial charge is 0.330 e. The van der Waals surface area contributed by atoms with Crippen molar-refractivity contribution in [3.05, 3.63) is 16.8 Å². The fourth-order valence-corrected chi connectivity index (χ4v) is 1.94. The molecule has 0 spiro atoms. The molecule has 2 heterocycles. The second-order valence-electron chi connectivity index (χ2n) is 3.21. The lowest BCUT2D eigenvalue weighted by Crippen LogP contribution is -2.20. The molecule has 0 aromatic carbocycles. The number of hydrogen-bond donors (Lipinski definition) is 1. The fourth-order valence-electron chi connectivity index (χ4n) is 1.30. The van der Waals surface area contributed by atoms with Gasteiger partial charge in [-0.25, -0.2) is 4.79 Å². The number of rotatable bonds is 4. The monoisotopic (exact) mass is 238 g/mol. The van der Waals surface area contributed by atoms with E-state index in [1.807, 2.05) is 16.8 Å². The third kappa shape index (κ3) is 1.94. The van der Waals surface area contributed by atoms with Crippen LogP contribution < -0.4 is 0 Å². The van der Waals surface area contributed by atoms with E-state index in [1.165, 1.54) is 11.3 Å². The van der Waals surface area contributed by atoms with Crippen LogP contribution in [0.2, 0.25) is 0 Å². The lowest BCUT2D eigenvalue weighted by molar-refractivity contribution is -0.141. The molecular weight excluding hydrogens is 228 g/mol. The zero-order valence-corrected chi connectivity index (χ0v) is 9.39. The van der Waals surface area contributed by atoms with Crippen molar-refractivity contribution in [1.82, 2.24) is 20.2 Å². The summed E-state index contributed by atoms with van der Waals surface area (Å²) in [4.78, 5) is 12.0. The minimum atomic E-state index is -0.947. The Morgan fingerprint density at radius 3 is 3.06 bits per heavy atom. The molecule has 0 amide bonds. The topological polar surface area (TPSA) is 80.9 Å². The van der Waals surface area contributed by atoms with Crippen molar-refractivity contribution in [2.45, 2.75) is 19.4 Å². The van der Waals surface area contributed by atoms with Crippen LogP contribution in [0.4, 0.5) is 0 Å². The highest BCUT2D eigenvalue weighted by Gasteiger charge is 2.20. The summed E-state index contributed by atoms with van der Waals surface area (Å²) in [5, 5.41) is 24.4. The summed E-state index contributed by atoms with van der Waals surface area (Å²) in [5.41, 5.74) is 0.858. The highest BCUT2D eigenvalue weighted by molar-refractivity contribution is 7.08. The molecule has 2 rings (SSSR count). The molecule has 1 atom stereocenters. The van der Waals surface area contributed by atoms with Gasteiger partial charge in [-0.15, -0.1) is 15.0 Å². The van der Waals surface area contributed by atoms with Gasteiger partial charge in [-0.2, -0.15) is 11.3 Å². The van der Waals surface area contributed by atoms with E-state index < -0.39 is 12.0 Å². The number of carbonyl (C=O) groups is 1. The van der Waals surface area contributed by atoms with Crippen molar-refractivity contribution in [3.63, 3.8) is 0 Å². The van der Waals surface area contributed by atoms with Gasteiger partial charge in [0.05, 0.1) is 0 Å². The molecule has 0 unspecified atom stereocenters. The fraction of sp³-hybridized carbons (Fsp3) is 0.333. The van der Waals surface area contributed by atoms with Gasteiger partial charge in [0.25, 0.3) is 0 Å². The first-order valence-electron chi connectivity index (χ1n) is 4.77. The molecule has 84 valence electrons. The van der Waals surface area contributed by atoms with E-state index in [0.29, 0.717) is 12.2 Å². The Balaban J connectivity index is 2.29. The SMILES string of the molecule is CC[C@@H](C(=O)O)n1nnc(-c2ccsc2)n1.